The number of ether oxygens (including phenoxy) is 2. The molecular formula is C16H16Br2O2. The first-order valence-electron chi connectivity index (χ1n) is 6.24. The maximum atomic E-state index is 5.44. The van der Waals surface area contributed by atoms with Crippen molar-refractivity contribution in [2.75, 3.05) is 14.2 Å². The van der Waals surface area contributed by atoms with Crippen LogP contribution in [0.15, 0.2) is 46.9 Å². The summed E-state index contributed by atoms with van der Waals surface area (Å²) in [7, 11) is 3.37. The Labute approximate surface area is 136 Å². The van der Waals surface area contributed by atoms with Gasteiger partial charge >= 0.3 is 0 Å². The zero-order valence-electron chi connectivity index (χ0n) is 11.4. The first-order valence-corrected chi connectivity index (χ1v) is 7.95. The van der Waals surface area contributed by atoms with Crippen LogP contribution in [-0.2, 0) is 6.42 Å². The van der Waals surface area contributed by atoms with Gasteiger partial charge in [0.25, 0.3) is 0 Å². The molecular weight excluding hydrogens is 384 g/mol. The number of rotatable bonds is 5. The molecule has 2 aromatic rings. The van der Waals surface area contributed by atoms with Crippen molar-refractivity contribution in [3.63, 3.8) is 0 Å². The molecule has 0 aliphatic heterocycles. The van der Waals surface area contributed by atoms with E-state index in [1.54, 1.807) is 14.2 Å². The molecule has 106 valence electrons. The summed E-state index contributed by atoms with van der Waals surface area (Å²) in [6.07, 6.45) is 0.891. The smallest absolute Gasteiger partial charge is 0.124 e. The van der Waals surface area contributed by atoms with Crippen molar-refractivity contribution < 1.29 is 9.47 Å². The van der Waals surface area contributed by atoms with Gasteiger partial charge in [-0.1, -0.05) is 50.1 Å². The molecule has 0 aromatic heterocycles. The van der Waals surface area contributed by atoms with E-state index in [4.69, 9.17) is 9.47 Å². The van der Waals surface area contributed by atoms with Crippen LogP contribution >= 0.6 is 31.9 Å². The third-order valence-electron chi connectivity index (χ3n) is 3.11. The van der Waals surface area contributed by atoms with Gasteiger partial charge in [-0.3, -0.25) is 0 Å². The van der Waals surface area contributed by atoms with Gasteiger partial charge in [0.1, 0.15) is 11.5 Å². The number of halogens is 2. The Kier molecular flexibility index (Phi) is 5.49. The van der Waals surface area contributed by atoms with Crippen LogP contribution in [0.3, 0.4) is 0 Å². The fourth-order valence-corrected chi connectivity index (χ4v) is 3.11. The average Bonchev–Trinajstić information content (AvgIpc) is 2.47. The van der Waals surface area contributed by atoms with E-state index in [-0.39, 0.29) is 4.83 Å². The van der Waals surface area contributed by atoms with Gasteiger partial charge in [0.05, 0.1) is 14.2 Å². The normalized spacial score (nSPS) is 12.0. The minimum Gasteiger partial charge on any atom is -0.497 e. The van der Waals surface area contributed by atoms with E-state index in [0.717, 1.165) is 28.0 Å². The Morgan fingerprint density at radius 3 is 2.30 bits per heavy atom. The Balaban J connectivity index is 2.16. The number of methoxy groups -OCH3 is 2. The minimum absolute atomic E-state index is 0.207. The van der Waals surface area contributed by atoms with Crippen molar-refractivity contribution >= 4 is 31.9 Å². The van der Waals surface area contributed by atoms with Crippen molar-refractivity contribution in [2.24, 2.45) is 0 Å². The average molecular weight is 400 g/mol. The molecule has 0 spiro atoms. The number of hydrogen-bond donors (Lipinski definition) is 0. The molecule has 2 aromatic carbocycles. The molecule has 0 amide bonds. The van der Waals surface area contributed by atoms with Crippen LogP contribution in [0.4, 0.5) is 0 Å². The molecule has 2 rings (SSSR count). The second-order valence-corrected chi connectivity index (χ2v) is 6.43. The topological polar surface area (TPSA) is 18.5 Å². The van der Waals surface area contributed by atoms with E-state index in [0.29, 0.717) is 0 Å². The second-order valence-electron chi connectivity index (χ2n) is 4.41. The number of benzene rings is 2. The summed E-state index contributed by atoms with van der Waals surface area (Å²) < 4.78 is 11.6. The monoisotopic (exact) mass is 398 g/mol. The Hall–Kier alpha value is -1.00. The fourth-order valence-electron chi connectivity index (χ4n) is 2.02. The standard InChI is InChI=1S/C16H16Br2O2/c1-19-13-6-3-11(4-7-13)9-15(18)14-8-5-12(17)10-16(14)20-2/h3-8,10,15H,9H2,1-2H3. The van der Waals surface area contributed by atoms with Gasteiger partial charge < -0.3 is 9.47 Å². The summed E-state index contributed by atoms with van der Waals surface area (Å²) >= 11 is 7.21. The van der Waals surface area contributed by atoms with Crippen LogP contribution in [0.5, 0.6) is 11.5 Å². The van der Waals surface area contributed by atoms with Gasteiger partial charge in [-0.2, -0.15) is 0 Å². The lowest BCUT2D eigenvalue weighted by Crippen LogP contribution is -1.99. The zero-order chi connectivity index (χ0) is 14.5. The van der Waals surface area contributed by atoms with E-state index in [9.17, 15) is 0 Å². The fraction of sp³-hybridized carbons (Fsp3) is 0.250. The lowest BCUT2D eigenvalue weighted by atomic mass is 10.0. The Bertz CT molecular complexity index is 567. The minimum atomic E-state index is 0.207. The van der Waals surface area contributed by atoms with Crippen LogP contribution in [0, 0.1) is 0 Å². The summed E-state index contributed by atoms with van der Waals surface area (Å²) in [5.41, 5.74) is 2.39. The molecule has 1 atom stereocenters. The lowest BCUT2D eigenvalue weighted by molar-refractivity contribution is 0.409. The molecule has 0 N–H and O–H groups in total. The number of hydrogen-bond acceptors (Lipinski definition) is 2. The molecule has 0 aliphatic carbocycles. The summed E-state index contributed by atoms with van der Waals surface area (Å²) in [5.74, 6) is 1.76. The van der Waals surface area contributed by atoms with Crippen LogP contribution in [0.2, 0.25) is 0 Å². The van der Waals surface area contributed by atoms with Crippen molar-refractivity contribution in [3.05, 3.63) is 58.1 Å². The second kappa shape index (κ2) is 7.14. The van der Waals surface area contributed by atoms with Crippen LogP contribution in [-0.4, -0.2) is 14.2 Å². The molecule has 0 saturated heterocycles. The maximum Gasteiger partial charge on any atom is 0.124 e. The van der Waals surface area contributed by atoms with Crippen LogP contribution in [0.25, 0.3) is 0 Å². The third-order valence-corrected chi connectivity index (χ3v) is 4.42. The van der Waals surface area contributed by atoms with E-state index in [2.05, 4.69) is 50.1 Å². The molecule has 0 aliphatic rings. The van der Waals surface area contributed by atoms with Gasteiger partial charge in [-0.05, 0) is 36.2 Å². The summed E-state index contributed by atoms with van der Waals surface area (Å²) in [6, 6.07) is 14.2. The zero-order valence-corrected chi connectivity index (χ0v) is 14.6. The highest BCUT2D eigenvalue weighted by Gasteiger charge is 2.14. The van der Waals surface area contributed by atoms with E-state index < -0.39 is 0 Å². The maximum absolute atomic E-state index is 5.44. The Morgan fingerprint density at radius 2 is 1.70 bits per heavy atom. The van der Waals surface area contributed by atoms with Gasteiger partial charge in [0, 0.05) is 14.9 Å². The van der Waals surface area contributed by atoms with Gasteiger partial charge in [0.2, 0.25) is 0 Å². The van der Waals surface area contributed by atoms with E-state index in [1.807, 2.05) is 24.3 Å². The quantitative estimate of drug-likeness (QED) is 0.647. The summed E-state index contributed by atoms with van der Waals surface area (Å²) in [6.45, 7) is 0. The third kappa shape index (κ3) is 3.76. The molecule has 4 heteroatoms. The molecule has 0 saturated carbocycles. The molecule has 20 heavy (non-hydrogen) atoms. The molecule has 1 unspecified atom stereocenters. The molecule has 0 heterocycles. The van der Waals surface area contributed by atoms with Crippen molar-refractivity contribution in [3.8, 4) is 11.5 Å². The predicted molar refractivity (Wildman–Crippen MR) is 89.1 cm³/mol. The lowest BCUT2D eigenvalue weighted by Gasteiger charge is -2.15. The predicted octanol–water partition coefficient (Wildman–Crippen LogP) is 5.15. The van der Waals surface area contributed by atoms with Crippen molar-refractivity contribution in [2.45, 2.75) is 11.2 Å². The van der Waals surface area contributed by atoms with Crippen LogP contribution < -0.4 is 9.47 Å². The molecule has 2 nitrogen and oxygen atoms in total. The summed E-state index contributed by atoms with van der Waals surface area (Å²) in [4.78, 5) is 0.207. The SMILES string of the molecule is COc1ccc(CC(Br)c2ccc(Br)cc2OC)cc1. The van der Waals surface area contributed by atoms with E-state index in [1.165, 1.54) is 5.56 Å². The van der Waals surface area contributed by atoms with Gasteiger partial charge in [0.15, 0.2) is 0 Å². The highest BCUT2D eigenvalue weighted by molar-refractivity contribution is 9.10. The van der Waals surface area contributed by atoms with Gasteiger partial charge in [-0.25, -0.2) is 0 Å². The molecule has 0 radical (unpaired) electrons. The van der Waals surface area contributed by atoms with Gasteiger partial charge in [-0.15, -0.1) is 0 Å². The first kappa shape index (κ1) is 15.4. The first-order chi connectivity index (χ1) is 9.63. The van der Waals surface area contributed by atoms with Crippen molar-refractivity contribution in [1.82, 2.24) is 0 Å². The summed E-state index contributed by atoms with van der Waals surface area (Å²) in [5, 5.41) is 0. The van der Waals surface area contributed by atoms with Crippen molar-refractivity contribution in [1.29, 1.82) is 0 Å². The molecule has 0 bridgehead atoms. The van der Waals surface area contributed by atoms with E-state index >= 15 is 0 Å². The highest BCUT2D eigenvalue weighted by Crippen LogP contribution is 2.35. The Morgan fingerprint density at radius 1 is 1.00 bits per heavy atom. The number of alkyl halides is 1. The highest BCUT2D eigenvalue weighted by atomic mass is 79.9. The molecule has 0 fully saturated rings. The largest absolute Gasteiger partial charge is 0.497 e. The van der Waals surface area contributed by atoms with Crippen LogP contribution in [0.1, 0.15) is 16.0 Å².